The molecular formula is C16H18O. The largest absolute Gasteiger partial charge is 0.493 e. The van der Waals surface area contributed by atoms with Gasteiger partial charge in [-0.2, -0.15) is 0 Å². The van der Waals surface area contributed by atoms with Crippen LogP contribution in [0.15, 0.2) is 54.6 Å². The Morgan fingerprint density at radius 3 is 2.18 bits per heavy atom. The molecule has 0 aliphatic heterocycles. The van der Waals surface area contributed by atoms with Gasteiger partial charge in [0.1, 0.15) is 5.75 Å². The third kappa shape index (κ3) is 3.63. The predicted molar refractivity (Wildman–Crippen MR) is 71.5 cm³/mol. The summed E-state index contributed by atoms with van der Waals surface area (Å²) in [6, 6.07) is 18.8. The molecule has 1 nitrogen and oxygen atoms in total. The lowest BCUT2D eigenvalue weighted by atomic mass is 10.1. The lowest BCUT2D eigenvalue weighted by molar-refractivity contribution is 0.322. The van der Waals surface area contributed by atoms with Crippen molar-refractivity contribution in [3.8, 4) is 5.75 Å². The number of aryl methyl sites for hydroxylation is 1. The van der Waals surface area contributed by atoms with Crippen molar-refractivity contribution >= 4 is 0 Å². The summed E-state index contributed by atoms with van der Waals surface area (Å²) in [4.78, 5) is 0. The fraction of sp³-hybridized carbons (Fsp3) is 0.250. The Labute approximate surface area is 103 Å². The van der Waals surface area contributed by atoms with Crippen LogP contribution in [0.1, 0.15) is 18.1 Å². The van der Waals surface area contributed by atoms with E-state index in [0.29, 0.717) is 0 Å². The summed E-state index contributed by atoms with van der Waals surface area (Å²) in [5.41, 5.74) is 2.66. The normalized spacial score (nSPS) is 10.2. The fourth-order valence-electron chi connectivity index (χ4n) is 1.75. The molecule has 0 saturated heterocycles. The van der Waals surface area contributed by atoms with Crippen LogP contribution in [0.3, 0.4) is 0 Å². The van der Waals surface area contributed by atoms with Crippen molar-refractivity contribution in [3.63, 3.8) is 0 Å². The zero-order valence-corrected chi connectivity index (χ0v) is 10.2. The molecule has 2 rings (SSSR count). The minimum atomic E-state index is 0.732. The number of rotatable bonds is 5. The van der Waals surface area contributed by atoms with Crippen molar-refractivity contribution in [1.29, 1.82) is 0 Å². The molecule has 0 radical (unpaired) electrons. The van der Waals surface area contributed by atoms with Crippen LogP contribution in [-0.4, -0.2) is 6.61 Å². The molecule has 2 aromatic carbocycles. The fourth-order valence-corrected chi connectivity index (χ4v) is 1.75. The van der Waals surface area contributed by atoms with Gasteiger partial charge in [0.2, 0.25) is 0 Å². The molecule has 17 heavy (non-hydrogen) atoms. The van der Waals surface area contributed by atoms with Gasteiger partial charge in [0.25, 0.3) is 0 Å². The zero-order chi connectivity index (χ0) is 11.9. The highest BCUT2D eigenvalue weighted by Crippen LogP contribution is 2.13. The zero-order valence-electron chi connectivity index (χ0n) is 10.2. The van der Waals surface area contributed by atoms with E-state index in [1.807, 2.05) is 18.2 Å². The molecule has 0 heterocycles. The van der Waals surface area contributed by atoms with Crippen LogP contribution >= 0.6 is 0 Å². The van der Waals surface area contributed by atoms with Crippen LogP contribution in [0.5, 0.6) is 5.75 Å². The summed E-state index contributed by atoms with van der Waals surface area (Å²) in [6.45, 7) is 2.89. The highest BCUT2D eigenvalue weighted by Gasteiger charge is 1.95. The molecule has 0 saturated carbocycles. The van der Waals surface area contributed by atoms with Crippen molar-refractivity contribution in [3.05, 3.63) is 65.7 Å². The van der Waals surface area contributed by atoms with Gasteiger partial charge >= 0.3 is 0 Å². The molecule has 0 spiro atoms. The molecule has 0 N–H and O–H groups in total. The van der Waals surface area contributed by atoms with Gasteiger partial charge in [0.15, 0.2) is 0 Å². The maximum Gasteiger partial charge on any atom is 0.119 e. The Kier molecular flexibility index (Phi) is 4.20. The lowest BCUT2D eigenvalue weighted by Crippen LogP contribution is -2.01. The summed E-state index contributed by atoms with van der Waals surface area (Å²) in [6.07, 6.45) is 2.03. The van der Waals surface area contributed by atoms with Crippen molar-refractivity contribution in [2.45, 2.75) is 19.8 Å². The van der Waals surface area contributed by atoms with Gasteiger partial charge in [-0.05, 0) is 29.7 Å². The average Bonchev–Trinajstić information content (AvgIpc) is 2.41. The Balaban J connectivity index is 1.82. The van der Waals surface area contributed by atoms with Gasteiger partial charge in [-0.1, -0.05) is 49.4 Å². The summed E-state index contributed by atoms with van der Waals surface area (Å²) < 4.78 is 5.71. The monoisotopic (exact) mass is 226 g/mol. The maximum atomic E-state index is 5.71. The first kappa shape index (κ1) is 11.7. The molecule has 0 aromatic heterocycles. The molecule has 2 aromatic rings. The third-order valence-corrected chi connectivity index (χ3v) is 2.83. The van der Waals surface area contributed by atoms with Gasteiger partial charge in [-0.3, -0.25) is 0 Å². The number of hydrogen-bond donors (Lipinski definition) is 0. The molecule has 0 amide bonds. The van der Waals surface area contributed by atoms with E-state index in [2.05, 4.69) is 43.3 Å². The first-order valence-corrected chi connectivity index (χ1v) is 6.14. The Morgan fingerprint density at radius 1 is 0.824 bits per heavy atom. The quantitative estimate of drug-likeness (QED) is 0.752. The lowest BCUT2D eigenvalue weighted by Gasteiger charge is -2.06. The topological polar surface area (TPSA) is 9.23 Å². The second kappa shape index (κ2) is 6.09. The molecule has 0 atom stereocenters. The smallest absolute Gasteiger partial charge is 0.119 e. The summed E-state index contributed by atoms with van der Waals surface area (Å²) in [5, 5.41) is 0. The third-order valence-electron chi connectivity index (χ3n) is 2.83. The molecular weight excluding hydrogens is 208 g/mol. The van der Waals surface area contributed by atoms with E-state index in [4.69, 9.17) is 4.74 Å². The van der Waals surface area contributed by atoms with Crippen LogP contribution in [0.4, 0.5) is 0 Å². The van der Waals surface area contributed by atoms with Crippen molar-refractivity contribution in [2.75, 3.05) is 6.61 Å². The summed E-state index contributed by atoms with van der Waals surface area (Å²) >= 11 is 0. The van der Waals surface area contributed by atoms with Gasteiger partial charge in [-0.15, -0.1) is 0 Å². The predicted octanol–water partition coefficient (Wildman–Crippen LogP) is 3.87. The average molecular weight is 226 g/mol. The van der Waals surface area contributed by atoms with Gasteiger partial charge in [0, 0.05) is 6.42 Å². The first-order chi connectivity index (χ1) is 8.38. The van der Waals surface area contributed by atoms with Gasteiger partial charge in [-0.25, -0.2) is 0 Å². The molecule has 88 valence electrons. The SMILES string of the molecule is CCc1ccc(OCCc2ccccc2)cc1. The van der Waals surface area contributed by atoms with Gasteiger partial charge in [0.05, 0.1) is 6.61 Å². The molecule has 0 fully saturated rings. The van der Waals surface area contributed by atoms with E-state index < -0.39 is 0 Å². The van der Waals surface area contributed by atoms with Crippen LogP contribution in [0.25, 0.3) is 0 Å². The second-order valence-corrected chi connectivity index (χ2v) is 4.08. The Morgan fingerprint density at radius 2 is 1.53 bits per heavy atom. The Bertz CT molecular complexity index is 431. The summed E-state index contributed by atoms with van der Waals surface area (Å²) in [5.74, 6) is 0.957. The molecule has 0 unspecified atom stereocenters. The number of hydrogen-bond acceptors (Lipinski definition) is 1. The Hall–Kier alpha value is -1.76. The van der Waals surface area contributed by atoms with Gasteiger partial charge < -0.3 is 4.74 Å². The van der Waals surface area contributed by atoms with E-state index >= 15 is 0 Å². The molecule has 0 bridgehead atoms. The van der Waals surface area contributed by atoms with Crippen molar-refractivity contribution in [2.24, 2.45) is 0 Å². The number of benzene rings is 2. The second-order valence-electron chi connectivity index (χ2n) is 4.08. The first-order valence-electron chi connectivity index (χ1n) is 6.14. The van der Waals surface area contributed by atoms with Crippen molar-refractivity contribution in [1.82, 2.24) is 0 Å². The van der Waals surface area contributed by atoms with Crippen LogP contribution in [0.2, 0.25) is 0 Å². The minimum absolute atomic E-state index is 0.732. The van der Waals surface area contributed by atoms with E-state index in [1.165, 1.54) is 11.1 Å². The van der Waals surface area contributed by atoms with E-state index in [9.17, 15) is 0 Å². The maximum absolute atomic E-state index is 5.71. The number of ether oxygens (including phenoxy) is 1. The molecule has 0 aliphatic rings. The summed E-state index contributed by atoms with van der Waals surface area (Å²) in [7, 11) is 0. The standard InChI is InChI=1S/C16H18O/c1-2-14-8-10-16(11-9-14)17-13-12-15-6-4-3-5-7-15/h3-11H,2,12-13H2,1H3. The van der Waals surface area contributed by atoms with Crippen LogP contribution < -0.4 is 4.74 Å². The highest BCUT2D eigenvalue weighted by molar-refractivity contribution is 5.27. The van der Waals surface area contributed by atoms with Crippen LogP contribution in [-0.2, 0) is 12.8 Å². The highest BCUT2D eigenvalue weighted by atomic mass is 16.5. The van der Waals surface area contributed by atoms with E-state index in [1.54, 1.807) is 0 Å². The minimum Gasteiger partial charge on any atom is -0.493 e. The molecule has 0 aliphatic carbocycles. The van der Waals surface area contributed by atoms with E-state index in [0.717, 1.165) is 25.2 Å². The molecule has 1 heteroatoms. The van der Waals surface area contributed by atoms with Crippen molar-refractivity contribution < 1.29 is 4.74 Å². The van der Waals surface area contributed by atoms with Crippen LogP contribution in [0, 0.1) is 0 Å². The van der Waals surface area contributed by atoms with E-state index in [-0.39, 0.29) is 0 Å².